The molecule has 1 saturated carbocycles. The minimum absolute atomic E-state index is 0.0265. The first-order valence-electron chi connectivity index (χ1n) is 6.27. The van der Waals surface area contributed by atoms with Gasteiger partial charge in [-0.25, -0.2) is 0 Å². The standard InChI is InChI=1S/C12H23NO2/c1-10-9-15-8-7-13(10)6-5-11-3-2-4-12(11)14/h10-12,14H,2-9H2,1H3. The number of aliphatic hydroxyl groups excluding tert-OH is 1. The van der Waals surface area contributed by atoms with Gasteiger partial charge in [-0.2, -0.15) is 0 Å². The second-order valence-electron chi connectivity index (χ2n) is 5.01. The van der Waals surface area contributed by atoms with Gasteiger partial charge in [0.25, 0.3) is 0 Å². The molecule has 3 nitrogen and oxygen atoms in total. The fourth-order valence-electron chi connectivity index (χ4n) is 2.78. The van der Waals surface area contributed by atoms with Crippen LogP contribution in [-0.4, -0.2) is 48.5 Å². The van der Waals surface area contributed by atoms with Gasteiger partial charge in [-0.1, -0.05) is 6.42 Å². The molecule has 0 aromatic rings. The van der Waals surface area contributed by atoms with E-state index in [2.05, 4.69) is 11.8 Å². The highest BCUT2D eigenvalue weighted by Crippen LogP contribution is 2.28. The number of ether oxygens (including phenoxy) is 1. The third-order valence-electron chi connectivity index (χ3n) is 3.91. The Kier molecular flexibility index (Phi) is 4.00. The molecule has 0 bridgehead atoms. The van der Waals surface area contributed by atoms with Crippen LogP contribution in [0, 0.1) is 5.92 Å². The van der Waals surface area contributed by atoms with Crippen LogP contribution in [0.15, 0.2) is 0 Å². The zero-order valence-corrected chi connectivity index (χ0v) is 9.69. The van der Waals surface area contributed by atoms with Crippen LogP contribution in [0.4, 0.5) is 0 Å². The fraction of sp³-hybridized carbons (Fsp3) is 1.00. The van der Waals surface area contributed by atoms with Crippen molar-refractivity contribution in [2.24, 2.45) is 5.92 Å². The van der Waals surface area contributed by atoms with Crippen molar-refractivity contribution in [3.63, 3.8) is 0 Å². The Morgan fingerprint density at radius 1 is 1.40 bits per heavy atom. The van der Waals surface area contributed by atoms with Crippen molar-refractivity contribution in [2.75, 3.05) is 26.3 Å². The summed E-state index contributed by atoms with van der Waals surface area (Å²) in [5.41, 5.74) is 0. The summed E-state index contributed by atoms with van der Waals surface area (Å²) >= 11 is 0. The number of rotatable bonds is 3. The van der Waals surface area contributed by atoms with Crippen LogP contribution < -0.4 is 0 Å². The summed E-state index contributed by atoms with van der Waals surface area (Å²) in [6.45, 7) is 6.16. The fourth-order valence-corrected chi connectivity index (χ4v) is 2.78. The van der Waals surface area contributed by atoms with E-state index < -0.39 is 0 Å². The number of hydrogen-bond donors (Lipinski definition) is 1. The van der Waals surface area contributed by atoms with Crippen LogP contribution in [0.25, 0.3) is 0 Å². The minimum atomic E-state index is -0.0265. The Hall–Kier alpha value is -0.120. The van der Waals surface area contributed by atoms with Crippen molar-refractivity contribution in [3.05, 3.63) is 0 Å². The molecule has 0 radical (unpaired) electrons. The predicted octanol–water partition coefficient (Wildman–Crippen LogP) is 1.26. The maximum atomic E-state index is 9.74. The summed E-state index contributed by atoms with van der Waals surface area (Å²) in [5, 5.41) is 9.74. The normalized spacial score (nSPS) is 38.4. The summed E-state index contributed by atoms with van der Waals surface area (Å²) in [7, 11) is 0. The maximum Gasteiger partial charge on any atom is 0.0619 e. The molecule has 1 aliphatic heterocycles. The van der Waals surface area contributed by atoms with E-state index in [0.717, 1.165) is 39.1 Å². The van der Waals surface area contributed by atoms with E-state index in [1.54, 1.807) is 0 Å². The summed E-state index contributed by atoms with van der Waals surface area (Å²) < 4.78 is 5.41. The van der Waals surface area contributed by atoms with Crippen LogP contribution in [-0.2, 0) is 4.74 Å². The molecule has 1 heterocycles. The highest BCUT2D eigenvalue weighted by Gasteiger charge is 2.26. The third-order valence-corrected chi connectivity index (χ3v) is 3.91. The van der Waals surface area contributed by atoms with Crippen molar-refractivity contribution in [1.82, 2.24) is 4.90 Å². The van der Waals surface area contributed by atoms with E-state index in [-0.39, 0.29) is 6.10 Å². The Bertz CT molecular complexity index is 198. The van der Waals surface area contributed by atoms with E-state index >= 15 is 0 Å². The molecule has 0 amide bonds. The van der Waals surface area contributed by atoms with Gasteiger partial charge >= 0.3 is 0 Å². The molecule has 0 aromatic carbocycles. The number of morpholine rings is 1. The highest BCUT2D eigenvalue weighted by atomic mass is 16.5. The van der Waals surface area contributed by atoms with Gasteiger partial charge in [0.1, 0.15) is 0 Å². The van der Waals surface area contributed by atoms with Gasteiger partial charge < -0.3 is 9.84 Å². The summed E-state index contributed by atoms with van der Waals surface area (Å²) in [4.78, 5) is 2.49. The zero-order valence-electron chi connectivity index (χ0n) is 9.69. The van der Waals surface area contributed by atoms with Gasteiger partial charge in [-0.3, -0.25) is 4.90 Å². The molecule has 3 atom stereocenters. The first kappa shape index (κ1) is 11.4. The van der Waals surface area contributed by atoms with Gasteiger partial charge in [0.05, 0.1) is 19.3 Å². The lowest BCUT2D eigenvalue weighted by atomic mass is 10.0. The molecule has 1 aliphatic carbocycles. The van der Waals surface area contributed by atoms with E-state index in [0.29, 0.717) is 12.0 Å². The van der Waals surface area contributed by atoms with Crippen molar-refractivity contribution in [1.29, 1.82) is 0 Å². The van der Waals surface area contributed by atoms with E-state index in [1.807, 2.05) is 0 Å². The second kappa shape index (κ2) is 5.28. The van der Waals surface area contributed by atoms with Gasteiger partial charge in [0.2, 0.25) is 0 Å². The van der Waals surface area contributed by atoms with Crippen molar-refractivity contribution < 1.29 is 9.84 Å². The first-order valence-corrected chi connectivity index (χ1v) is 6.27. The maximum absolute atomic E-state index is 9.74. The van der Waals surface area contributed by atoms with E-state index in [9.17, 15) is 5.11 Å². The Balaban J connectivity index is 1.72. The van der Waals surface area contributed by atoms with Crippen molar-refractivity contribution >= 4 is 0 Å². The molecule has 2 rings (SSSR count). The topological polar surface area (TPSA) is 32.7 Å². The Labute approximate surface area is 92.4 Å². The Morgan fingerprint density at radius 2 is 2.27 bits per heavy atom. The van der Waals surface area contributed by atoms with Crippen LogP contribution in [0.2, 0.25) is 0 Å². The van der Waals surface area contributed by atoms with Crippen LogP contribution in [0.5, 0.6) is 0 Å². The lowest BCUT2D eigenvalue weighted by Gasteiger charge is -2.34. The average molecular weight is 213 g/mol. The number of nitrogens with zero attached hydrogens (tertiary/aromatic N) is 1. The van der Waals surface area contributed by atoms with Crippen LogP contribution >= 0.6 is 0 Å². The first-order chi connectivity index (χ1) is 7.27. The quantitative estimate of drug-likeness (QED) is 0.766. The molecule has 2 aliphatic rings. The third kappa shape index (κ3) is 2.92. The molecule has 1 N–H and O–H groups in total. The molecule has 1 saturated heterocycles. The van der Waals surface area contributed by atoms with Crippen LogP contribution in [0.1, 0.15) is 32.6 Å². The summed E-state index contributed by atoms with van der Waals surface area (Å²) in [6, 6.07) is 0.553. The summed E-state index contributed by atoms with van der Waals surface area (Å²) in [5.74, 6) is 0.556. The second-order valence-corrected chi connectivity index (χ2v) is 5.01. The van der Waals surface area contributed by atoms with Crippen molar-refractivity contribution in [2.45, 2.75) is 44.8 Å². The lowest BCUT2D eigenvalue weighted by molar-refractivity contribution is -0.00512. The SMILES string of the molecule is CC1COCCN1CCC1CCCC1O. The Morgan fingerprint density at radius 3 is 2.93 bits per heavy atom. The predicted molar refractivity (Wildman–Crippen MR) is 59.8 cm³/mol. The molecule has 15 heavy (non-hydrogen) atoms. The smallest absolute Gasteiger partial charge is 0.0619 e. The molecule has 88 valence electrons. The monoisotopic (exact) mass is 213 g/mol. The molecule has 2 fully saturated rings. The largest absolute Gasteiger partial charge is 0.393 e. The molecule has 3 heteroatoms. The van der Waals surface area contributed by atoms with Gasteiger partial charge in [0, 0.05) is 12.6 Å². The van der Waals surface area contributed by atoms with Gasteiger partial charge in [0.15, 0.2) is 0 Å². The average Bonchev–Trinajstić information content (AvgIpc) is 2.63. The molecular weight excluding hydrogens is 190 g/mol. The number of hydrogen-bond acceptors (Lipinski definition) is 3. The van der Waals surface area contributed by atoms with E-state index in [4.69, 9.17) is 4.74 Å². The molecule has 3 unspecified atom stereocenters. The van der Waals surface area contributed by atoms with Crippen molar-refractivity contribution in [3.8, 4) is 0 Å². The van der Waals surface area contributed by atoms with Crippen LogP contribution in [0.3, 0.4) is 0 Å². The van der Waals surface area contributed by atoms with Gasteiger partial charge in [-0.05, 0) is 38.6 Å². The zero-order chi connectivity index (χ0) is 10.7. The molecule has 0 spiro atoms. The molecule has 0 aromatic heterocycles. The number of aliphatic hydroxyl groups is 1. The minimum Gasteiger partial charge on any atom is -0.393 e. The summed E-state index contributed by atoms with van der Waals surface area (Å²) in [6.07, 6.45) is 4.58. The van der Waals surface area contributed by atoms with Gasteiger partial charge in [-0.15, -0.1) is 0 Å². The lowest BCUT2D eigenvalue weighted by Crippen LogP contribution is -2.44. The highest BCUT2D eigenvalue weighted by molar-refractivity contribution is 4.79. The van der Waals surface area contributed by atoms with E-state index in [1.165, 1.54) is 12.8 Å². The molecular formula is C12H23NO2.